The van der Waals surface area contributed by atoms with Gasteiger partial charge in [-0.25, -0.2) is 0 Å². The average molecular weight is 476 g/mol. The molecule has 0 saturated heterocycles. The van der Waals surface area contributed by atoms with Crippen molar-refractivity contribution in [1.82, 2.24) is 0 Å². The molecule has 32 heavy (non-hydrogen) atoms. The van der Waals surface area contributed by atoms with Crippen molar-refractivity contribution in [3.05, 3.63) is 137 Å². The normalized spacial score (nSPS) is 11.2. The Morgan fingerprint density at radius 1 is 0.469 bits per heavy atom. The van der Waals surface area contributed by atoms with E-state index in [1.165, 1.54) is 21.9 Å². The first kappa shape index (κ1) is 20.3. The summed E-state index contributed by atoms with van der Waals surface area (Å²) in [7, 11) is 0. The first-order chi connectivity index (χ1) is 15.8. The maximum Gasteiger partial charge on any atom is 0.0462 e. The predicted octanol–water partition coefficient (Wildman–Crippen LogP) is 9.24. The van der Waals surface area contributed by atoms with Crippen molar-refractivity contribution >= 4 is 55.9 Å². The van der Waals surface area contributed by atoms with Gasteiger partial charge in [-0.2, -0.15) is 0 Å². The molecule has 5 aromatic carbocycles. The van der Waals surface area contributed by atoms with Gasteiger partial charge in [0.1, 0.15) is 0 Å². The van der Waals surface area contributed by atoms with E-state index in [2.05, 4.69) is 142 Å². The number of hydrogen-bond donors (Lipinski definition) is 0. The van der Waals surface area contributed by atoms with Crippen LogP contribution in [0.3, 0.4) is 0 Å². The fourth-order valence-corrected chi connectivity index (χ4v) is 4.25. The number of hydrogen-bond acceptors (Lipinski definition) is 1. The molecule has 5 rings (SSSR count). The standard InChI is InChI=1S/C30H22BrN/c31-27-18-17-25-21-24(13-16-26(25)22-27)12-11-23-14-19-30(20-15-23)32(28-7-3-1-4-8-28)29-9-5-2-6-10-29/h1-22H/b12-11+. The summed E-state index contributed by atoms with van der Waals surface area (Å²) in [6.45, 7) is 0. The van der Waals surface area contributed by atoms with E-state index in [1.54, 1.807) is 0 Å². The van der Waals surface area contributed by atoms with Crippen molar-refractivity contribution < 1.29 is 0 Å². The van der Waals surface area contributed by atoms with Gasteiger partial charge in [-0.15, -0.1) is 0 Å². The fraction of sp³-hybridized carbons (Fsp3) is 0. The molecule has 0 fully saturated rings. The summed E-state index contributed by atoms with van der Waals surface area (Å²) in [4.78, 5) is 2.27. The van der Waals surface area contributed by atoms with E-state index in [4.69, 9.17) is 0 Å². The third-order valence-electron chi connectivity index (χ3n) is 5.47. The number of anilines is 3. The molecule has 0 saturated carbocycles. The second-order valence-electron chi connectivity index (χ2n) is 7.68. The second-order valence-corrected chi connectivity index (χ2v) is 8.60. The predicted molar refractivity (Wildman–Crippen MR) is 142 cm³/mol. The summed E-state index contributed by atoms with van der Waals surface area (Å²) in [5.74, 6) is 0. The number of para-hydroxylation sites is 2. The lowest BCUT2D eigenvalue weighted by Gasteiger charge is -2.25. The molecule has 0 unspecified atom stereocenters. The van der Waals surface area contributed by atoms with Crippen molar-refractivity contribution in [3.63, 3.8) is 0 Å². The maximum atomic E-state index is 3.54. The number of rotatable bonds is 5. The summed E-state index contributed by atoms with van der Waals surface area (Å²) < 4.78 is 1.11. The zero-order chi connectivity index (χ0) is 21.8. The Kier molecular flexibility index (Phi) is 5.87. The molecule has 0 aliphatic rings. The van der Waals surface area contributed by atoms with Crippen LogP contribution in [0.25, 0.3) is 22.9 Å². The summed E-state index contributed by atoms with van der Waals surface area (Å²) in [5, 5.41) is 2.48. The summed E-state index contributed by atoms with van der Waals surface area (Å²) >= 11 is 3.54. The van der Waals surface area contributed by atoms with Crippen LogP contribution in [0.2, 0.25) is 0 Å². The molecule has 5 aromatic rings. The van der Waals surface area contributed by atoms with Crippen molar-refractivity contribution in [1.29, 1.82) is 0 Å². The lowest BCUT2D eigenvalue weighted by atomic mass is 10.1. The van der Waals surface area contributed by atoms with Gasteiger partial charge in [0.05, 0.1) is 0 Å². The van der Waals surface area contributed by atoms with E-state index < -0.39 is 0 Å². The lowest BCUT2D eigenvalue weighted by molar-refractivity contribution is 1.28. The first-order valence-corrected chi connectivity index (χ1v) is 11.4. The Hall–Kier alpha value is -3.62. The fourth-order valence-electron chi connectivity index (χ4n) is 3.87. The van der Waals surface area contributed by atoms with Crippen LogP contribution in [0.1, 0.15) is 11.1 Å². The third kappa shape index (κ3) is 4.51. The van der Waals surface area contributed by atoms with Crippen LogP contribution >= 0.6 is 15.9 Å². The van der Waals surface area contributed by atoms with Crippen LogP contribution < -0.4 is 4.90 Å². The van der Waals surface area contributed by atoms with Gasteiger partial charge < -0.3 is 4.90 Å². The van der Waals surface area contributed by atoms with Gasteiger partial charge in [0, 0.05) is 21.5 Å². The largest absolute Gasteiger partial charge is 0.311 e. The highest BCUT2D eigenvalue weighted by atomic mass is 79.9. The van der Waals surface area contributed by atoms with E-state index >= 15 is 0 Å². The minimum Gasteiger partial charge on any atom is -0.311 e. The van der Waals surface area contributed by atoms with Crippen molar-refractivity contribution in [2.45, 2.75) is 0 Å². The molecule has 0 radical (unpaired) electrons. The van der Waals surface area contributed by atoms with Crippen molar-refractivity contribution in [2.24, 2.45) is 0 Å². The van der Waals surface area contributed by atoms with Gasteiger partial charge in [-0.05, 0) is 76.5 Å². The number of nitrogens with zero attached hydrogens (tertiary/aromatic N) is 1. The molecule has 2 heteroatoms. The topological polar surface area (TPSA) is 3.24 Å². The highest BCUT2D eigenvalue weighted by Crippen LogP contribution is 2.34. The minimum absolute atomic E-state index is 1.11. The lowest BCUT2D eigenvalue weighted by Crippen LogP contribution is -2.09. The average Bonchev–Trinajstić information content (AvgIpc) is 2.85. The molecule has 0 aliphatic heterocycles. The van der Waals surface area contributed by atoms with E-state index in [0.717, 1.165) is 21.5 Å². The highest BCUT2D eigenvalue weighted by molar-refractivity contribution is 9.10. The molecule has 0 atom stereocenters. The van der Waals surface area contributed by atoms with Crippen LogP contribution in [0, 0.1) is 0 Å². The molecule has 0 aliphatic carbocycles. The molecule has 0 aromatic heterocycles. The molecule has 0 bridgehead atoms. The Balaban J connectivity index is 1.42. The molecular formula is C30H22BrN. The van der Waals surface area contributed by atoms with E-state index in [-0.39, 0.29) is 0 Å². The van der Waals surface area contributed by atoms with Gasteiger partial charge in [0.25, 0.3) is 0 Å². The molecule has 0 amide bonds. The number of fused-ring (bicyclic) bond motifs is 1. The molecule has 1 nitrogen and oxygen atoms in total. The minimum atomic E-state index is 1.11. The molecule has 0 N–H and O–H groups in total. The number of halogens is 1. The zero-order valence-corrected chi connectivity index (χ0v) is 19.1. The van der Waals surface area contributed by atoms with E-state index in [0.29, 0.717) is 0 Å². The molecule has 0 heterocycles. The highest BCUT2D eigenvalue weighted by Gasteiger charge is 2.11. The SMILES string of the molecule is Brc1ccc2cc(/C=C/c3ccc(N(c4ccccc4)c4ccccc4)cc3)ccc2c1. The zero-order valence-electron chi connectivity index (χ0n) is 17.5. The van der Waals surface area contributed by atoms with Gasteiger partial charge in [0.2, 0.25) is 0 Å². The summed E-state index contributed by atoms with van der Waals surface area (Å²) in [5.41, 5.74) is 5.79. The monoisotopic (exact) mass is 475 g/mol. The van der Waals surface area contributed by atoms with Crippen molar-refractivity contribution in [2.75, 3.05) is 4.90 Å². The molecule has 0 spiro atoms. The van der Waals surface area contributed by atoms with E-state index in [9.17, 15) is 0 Å². The summed E-state index contributed by atoms with van der Waals surface area (Å²) in [6.07, 6.45) is 4.34. The third-order valence-corrected chi connectivity index (χ3v) is 5.97. The van der Waals surface area contributed by atoms with Gasteiger partial charge >= 0.3 is 0 Å². The smallest absolute Gasteiger partial charge is 0.0462 e. The molecular weight excluding hydrogens is 454 g/mol. The van der Waals surface area contributed by atoms with Gasteiger partial charge in [0.15, 0.2) is 0 Å². The Bertz CT molecular complexity index is 1320. The first-order valence-electron chi connectivity index (χ1n) is 10.6. The van der Waals surface area contributed by atoms with Crippen LogP contribution in [0.5, 0.6) is 0 Å². The molecule has 154 valence electrons. The van der Waals surface area contributed by atoms with Gasteiger partial charge in [-0.1, -0.05) is 94.8 Å². The quantitative estimate of drug-likeness (QED) is 0.229. The summed E-state index contributed by atoms with van der Waals surface area (Å²) in [6, 6.07) is 42.6. The Morgan fingerprint density at radius 3 is 1.62 bits per heavy atom. The Labute approximate surface area is 197 Å². The van der Waals surface area contributed by atoms with Crippen molar-refractivity contribution in [3.8, 4) is 0 Å². The van der Waals surface area contributed by atoms with Gasteiger partial charge in [-0.3, -0.25) is 0 Å². The number of benzene rings is 5. The van der Waals surface area contributed by atoms with Crippen LogP contribution in [0.15, 0.2) is 126 Å². The Morgan fingerprint density at radius 2 is 0.969 bits per heavy atom. The van der Waals surface area contributed by atoms with Crippen LogP contribution in [-0.4, -0.2) is 0 Å². The van der Waals surface area contributed by atoms with Crippen LogP contribution in [0.4, 0.5) is 17.1 Å². The van der Waals surface area contributed by atoms with E-state index in [1.807, 2.05) is 12.1 Å². The maximum absolute atomic E-state index is 3.54. The van der Waals surface area contributed by atoms with Crippen LogP contribution in [-0.2, 0) is 0 Å². The second kappa shape index (κ2) is 9.25.